The number of nitrogens with zero attached hydrogens (tertiary/aromatic N) is 2. The Balaban J connectivity index is 0.880. The van der Waals surface area contributed by atoms with E-state index in [0.717, 1.165) is 24.9 Å². The zero-order valence-electron chi connectivity index (χ0n) is 35.0. The van der Waals surface area contributed by atoms with E-state index in [9.17, 15) is 0 Å². The molecule has 2 aromatic heterocycles. The van der Waals surface area contributed by atoms with Gasteiger partial charge in [-0.2, -0.15) is 0 Å². The lowest BCUT2D eigenvalue weighted by Crippen LogP contribution is -1.97. The largest absolute Gasteiger partial charge is 0.309 e. The maximum atomic E-state index is 2.44. The topological polar surface area (TPSA) is 9.86 Å². The molecule has 9 aromatic carbocycles. The molecule has 298 valence electrons. The minimum absolute atomic E-state index is 0.856. The predicted octanol–water partition coefficient (Wildman–Crippen LogP) is 16.2. The van der Waals surface area contributed by atoms with Gasteiger partial charge in [-0.1, -0.05) is 158 Å². The molecule has 0 saturated carbocycles. The summed E-state index contributed by atoms with van der Waals surface area (Å²) in [5.74, 6) is 0. The highest BCUT2D eigenvalue weighted by molar-refractivity contribution is 6.12. The summed E-state index contributed by atoms with van der Waals surface area (Å²) in [5, 5.41) is 5.08. The summed E-state index contributed by atoms with van der Waals surface area (Å²) in [6.45, 7) is 0. The van der Waals surface area contributed by atoms with E-state index in [-0.39, 0.29) is 0 Å². The Hall–Kier alpha value is -7.94. The lowest BCUT2D eigenvalue weighted by atomic mass is 9.95. The van der Waals surface area contributed by atoms with Gasteiger partial charge in [0.2, 0.25) is 0 Å². The van der Waals surface area contributed by atoms with Crippen molar-refractivity contribution in [2.24, 2.45) is 0 Å². The van der Waals surface area contributed by atoms with E-state index in [1.807, 2.05) is 0 Å². The van der Waals surface area contributed by atoms with E-state index >= 15 is 0 Å². The second-order valence-corrected chi connectivity index (χ2v) is 16.9. The van der Waals surface area contributed by atoms with Crippen LogP contribution in [-0.2, 0) is 6.42 Å². The molecule has 0 unspecified atom stereocenters. The van der Waals surface area contributed by atoms with E-state index in [1.165, 1.54) is 105 Å². The quantitative estimate of drug-likeness (QED) is 0.145. The van der Waals surface area contributed by atoms with Crippen molar-refractivity contribution in [3.63, 3.8) is 0 Å². The fourth-order valence-corrected chi connectivity index (χ4v) is 9.84. The van der Waals surface area contributed by atoms with E-state index in [1.54, 1.807) is 0 Å². The average Bonchev–Trinajstić information content (AvgIpc) is 3.87. The third kappa shape index (κ3) is 6.68. The summed E-state index contributed by atoms with van der Waals surface area (Å²) in [6, 6.07) is 78.3. The molecule has 63 heavy (non-hydrogen) atoms. The Kier molecular flexibility index (Phi) is 9.08. The highest BCUT2D eigenvalue weighted by atomic mass is 15.0. The fraction of sp³-hybridized carbons (Fsp3) is 0.0492. The van der Waals surface area contributed by atoms with Crippen molar-refractivity contribution in [2.45, 2.75) is 19.3 Å². The van der Waals surface area contributed by atoms with E-state index in [4.69, 9.17) is 0 Å². The maximum Gasteiger partial charge on any atom is 0.0541 e. The van der Waals surface area contributed by atoms with E-state index in [0.29, 0.717) is 0 Å². The molecule has 12 rings (SSSR count). The van der Waals surface area contributed by atoms with Gasteiger partial charge < -0.3 is 9.13 Å². The molecule has 11 aromatic rings. The van der Waals surface area contributed by atoms with Crippen molar-refractivity contribution in [3.05, 3.63) is 247 Å². The van der Waals surface area contributed by atoms with Gasteiger partial charge in [-0.15, -0.1) is 0 Å². The molecule has 0 spiro atoms. The van der Waals surface area contributed by atoms with E-state index < -0.39 is 0 Å². The van der Waals surface area contributed by atoms with Crippen LogP contribution in [-0.4, -0.2) is 9.13 Å². The van der Waals surface area contributed by atoms with Gasteiger partial charge in [-0.05, 0) is 148 Å². The molecule has 0 radical (unpaired) electrons. The smallest absolute Gasteiger partial charge is 0.0541 e. The zero-order chi connectivity index (χ0) is 41.7. The highest BCUT2D eigenvalue weighted by Crippen LogP contribution is 2.39. The summed E-state index contributed by atoms with van der Waals surface area (Å²) in [7, 11) is 0. The van der Waals surface area contributed by atoms with Crippen LogP contribution in [0.5, 0.6) is 0 Å². The Morgan fingerprint density at radius 3 is 1.06 bits per heavy atom. The number of benzene rings is 9. The van der Waals surface area contributed by atoms with Crippen LogP contribution in [0.1, 0.15) is 29.5 Å². The Morgan fingerprint density at radius 2 is 0.698 bits per heavy atom. The van der Waals surface area contributed by atoms with Gasteiger partial charge in [-0.3, -0.25) is 0 Å². The Labute approximate surface area is 368 Å². The van der Waals surface area contributed by atoms with Crippen LogP contribution in [0.2, 0.25) is 0 Å². The molecule has 0 atom stereocenters. The summed E-state index contributed by atoms with van der Waals surface area (Å²) in [6.07, 6.45) is 9.76. The fourth-order valence-electron chi connectivity index (χ4n) is 9.84. The summed E-state index contributed by atoms with van der Waals surface area (Å²) < 4.78 is 4.86. The van der Waals surface area contributed by atoms with Crippen LogP contribution in [0, 0.1) is 0 Å². The van der Waals surface area contributed by atoms with Crippen LogP contribution in [0.4, 0.5) is 0 Å². The number of rotatable bonds is 8. The second-order valence-electron chi connectivity index (χ2n) is 16.9. The van der Waals surface area contributed by atoms with Crippen LogP contribution in [0.3, 0.4) is 0 Å². The molecule has 0 aliphatic heterocycles. The van der Waals surface area contributed by atoms with Gasteiger partial charge in [0.25, 0.3) is 0 Å². The zero-order valence-corrected chi connectivity index (χ0v) is 35.0. The SMILES string of the molecule is C1=CCCC(c2ccc3c(c2)c2cc(-c4ccccc4)ccc2n3-c2ccc(Cc3ccc(-n4c5ccc(-c6ccccc6)cc5c5cc(-c6ccccc6)ccc54)cc3)cc2)=C1. The summed E-state index contributed by atoms with van der Waals surface area (Å²) in [4.78, 5) is 0. The van der Waals surface area contributed by atoms with Crippen molar-refractivity contribution < 1.29 is 0 Å². The first-order valence-corrected chi connectivity index (χ1v) is 22.1. The molecule has 0 fully saturated rings. The van der Waals surface area contributed by atoms with Gasteiger partial charge in [0.1, 0.15) is 0 Å². The van der Waals surface area contributed by atoms with Crippen molar-refractivity contribution in [2.75, 3.05) is 0 Å². The third-order valence-electron chi connectivity index (χ3n) is 13.0. The standard InChI is InChI=1S/C61H44N2/c1-5-13-44(14-6-1)48-25-33-58-54(38-48)55-39-49(45-15-7-2-8-16-45)26-34-59(55)62(58)52-29-21-42(22-30-52)37-43-23-31-53(32-24-43)63-60-35-27-50(46-17-9-3-10-18-46)40-56(60)57-41-51(28-36-61(57)63)47-19-11-4-12-20-47/h1-11,13-19,21-36,38-41H,12,20,37H2. The Bertz CT molecular complexity index is 3430. The number of hydrogen-bond acceptors (Lipinski definition) is 0. The molecule has 0 saturated heterocycles. The maximum absolute atomic E-state index is 2.44. The van der Waals surface area contributed by atoms with Crippen molar-refractivity contribution >= 4 is 49.2 Å². The van der Waals surface area contributed by atoms with E-state index in [2.05, 4.69) is 240 Å². The normalized spacial score (nSPS) is 12.7. The Morgan fingerprint density at radius 1 is 0.333 bits per heavy atom. The van der Waals surface area contributed by atoms with Gasteiger partial charge in [0.05, 0.1) is 22.1 Å². The summed E-state index contributed by atoms with van der Waals surface area (Å²) >= 11 is 0. The van der Waals surface area contributed by atoms with Crippen LogP contribution in [0.15, 0.2) is 231 Å². The first-order valence-electron chi connectivity index (χ1n) is 22.1. The second kappa shape index (κ2) is 15.5. The molecule has 0 N–H and O–H groups in total. The van der Waals surface area contributed by atoms with Crippen molar-refractivity contribution in [1.82, 2.24) is 9.13 Å². The molecule has 2 nitrogen and oxygen atoms in total. The minimum Gasteiger partial charge on any atom is -0.309 e. The predicted molar refractivity (Wildman–Crippen MR) is 267 cm³/mol. The van der Waals surface area contributed by atoms with Crippen LogP contribution in [0.25, 0.3) is 93.9 Å². The monoisotopic (exact) mass is 804 g/mol. The summed E-state index contributed by atoms with van der Waals surface area (Å²) in [5.41, 5.74) is 19.9. The van der Waals surface area contributed by atoms with Gasteiger partial charge in [0, 0.05) is 32.9 Å². The first kappa shape index (κ1) is 36.9. The lowest BCUT2D eigenvalue weighted by molar-refractivity contribution is 1.05. The average molecular weight is 805 g/mol. The number of hydrogen-bond donors (Lipinski definition) is 0. The molecule has 2 heteroatoms. The number of allylic oxidation sites excluding steroid dienone is 4. The highest BCUT2D eigenvalue weighted by Gasteiger charge is 2.17. The van der Waals surface area contributed by atoms with Gasteiger partial charge in [-0.25, -0.2) is 0 Å². The van der Waals surface area contributed by atoms with Crippen LogP contribution < -0.4 is 0 Å². The number of fused-ring (bicyclic) bond motifs is 6. The third-order valence-corrected chi connectivity index (χ3v) is 13.0. The molecule has 0 amide bonds. The molecule has 0 bridgehead atoms. The van der Waals surface area contributed by atoms with Gasteiger partial charge in [0.15, 0.2) is 0 Å². The van der Waals surface area contributed by atoms with Crippen molar-refractivity contribution in [3.8, 4) is 44.8 Å². The molecular weight excluding hydrogens is 761 g/mol. The van der Waals surface area contributed by atoms with Gasteiger partial charge >= 0.3 is 0 Å². The molecule has 1 aliphatic carbocycles. The van der Waals surface area contributed by atoms with Crippen molar-refractivity contribution in [1.29, 1.82) is 0 Å². The molecular formula is C61H44N2. The first-order chi connectivity index (χ1) is 31.2. The van der Waals surface area contributed by atoms with Crippen LogP contribution >= 0.6 is 0 Å². The number of aromatic nitrogens is 2. The minimum atomic E-state index is 0.856. The lowest BCUT2D eigenvalue weighted by Gasteiger charge is -2.12. The molecule has 2 heterocycles. The molecule has 1 aliphatic rings.